The smallest absolute Gasteiger partial charge is 0.338 e. The molecule has 0 spiro atoms. The highest BCUT2D eigenvalue weighted by Gasteiger charge is 2.38. The number of benzene rings is 2. The molecule has 0 fully saturated rings. The predicted molar refractivity (Wildman–Crippen MR) is 111 cm³/mol. The number of rotatable bonds is 7. The molecule has 0 aliphatic carbocycles. The van der Waals surface area contributed by atoms with E-state index in [4.69, 9.17) is 14.2 Å². The summed E-state index contributed by atoms with van der Waals surface area (Å²) in [4.78, 5) is 36.6. The molecular formula is C21H21N3O7. The van der Waals surface area contributed by atoms with Gasteiger partial charge in [0.05, 0.1) is 54.7 Å². The molecule has 10 heteroatoms. The monoisotopic (exact) mass is 427 g/mol. The maximum Gasteiger partial charge on any atom is 0.338 e. The van der Waals surface area contributed by atoms with Gasteiger partial charge in [-0.2, -0.15) is 0 Å². The number of hydrogen-bond donors (Lipinski definition) is 2. The number of urea groups is 1. The van der Waals surface area contributed by atoms with Crippen molar-refractivity contribution in [2.24, 2.45) is 0 Å². The van der Waals surface area contributed by atoms with Crippen LogP contribution in [0, 0.1) is 10.1 Å². The minimum Gasteiger partial charge on any atom is -0.493 e. The fraction of sp³-hybridized carbons (Fsp3) is 0.238. The topological polar surface area (TPSA) is 129 Å². The van der Waals surface area contributed by atoms with Gasteiger partial charge in [0.15, 0.2) is 11.5 Å². The van der Waals surface area contributed by atoms with Gasteiger partial charge in [-0.1, -0.05) is 30.3 Å². The summed E-state index contributed by atoms with van der Waals surface area (Å²) in [7, 11) is 2.73. The molecule has 162 valence electrons. The number of nitrogens with one attached hydrogen (secondary N) is 2. The first-order chi connectivity index (χ1) is 14.9. The number of carbonyl (C=O) groups excluding carboxylic acids is 2. The van der Waals surface area contributed by atoms with E-state index in [9.17, 15) is 19.7 Å². The molecule has 1 atom stereocenters. The first-order valence-corrected chi connectivity index (χ1v) is 9.35. The Morgan fingerprint density at radius 1 is 1.13 bits per heavy atom. The van der Waals surface area contributed by atoms with Crippen LogP contribution in [-0.2, 0) is 9.53 Å². The van der Waals surface area contributed by atoms with E-state index in [1.54, 1.807) is 37.3 Å². The highest BCUT2D eigenvalue weighted by atomic mass is 16.6. The van der Waals surface area contributed by atoms with Gasteiger partial charge in [-0.3, -0.25) is 10.1 Å². The first kappa shape index (κ1) is 21.6. The molecule has 1 aliphatic heterocycles. The zero-order valence-corrected chi connectivity index (χ0v) is 17.1. The molecule has 1 heterocycles. The third kappa shape index (κ3) is 4.27. The molecule has 1 aliphatic rings. The van der Waals surface area contributed by atoms with Crippen LogP contribution in [0.4, 0.5) is 10.5 Å². The van der Waals surface area contributed by atoms with Gasteiger partial charge in [0, 0.05) is 0 Å². The molecule has 2 aromatic rings. The maximum absolute atomic E-state index is 12.9. The molecular weight excluding hydrogens is 406 g/mol. The van der Waals surface area contributed by atoms with Crippen LogP contribution in [-0.4, -0.2) is 37.8 Å². The van der Waals surface area contributed by atoms with E-state index in [-0.39, 0.29) is 40.6 Å². The molecule has 0 aromatic heterocycles. The average Bonchev–Trinajstić information content (AvgIpc) is 2.78. The molecule has 0 bridgehead atoms. The summed E-state index contributed by atoms with van der Waals surface area (Å²) in [5.41, 5.74) is 0.487. The molecule has 1 unspecified atom stereocenters. The van der Waals surface area contributed by atoms with E-state index in [2.05, 4.69) is 10.6 Å². The average molecular weight is 427 g/mol. The van der Waals surface area contributed by atoms with Crippen molar-refractivity contribution in [3.8, 4) is 11.5 Å². The molecule has 2 aromatic carbocycles. The molecule has 10 nitrogen and oxygen atoms in total. The van der Waals surface area contributed by atoms with Gasteiger partial charge in [0.2, 0.25) is 0 Å². The number of hydrogen-bond acceptors (Lipinski definition) is 7. The third-order valence-electron chi connectivity index (χ3n) is 4.67. The lowest BCUT2D eigenvalue weighted by Gasteiger charge is -2.29. The highest BCUT2D eigenvalue weighted by molar-refractivity contribution is 6.04. The summed E-state index contributed by atoms with van der Waals surface area (Å²) >= 11 is 0. The number of amides is 2. The van der Waals surface area contributed by atoms with Gasteiger partial charge in [0.1, 0.15) is 0 Å². The molecule has 3 rings (SSSR count). The number of methoxy groups -OCH3 is 2. The number of nitro benzene ring substituents is 1. The largest absolute Gasteiger partial charge is 0.493 e. The second-order valence-corrected chi connectivity index (χ2v) is 6.43. The van der Waals surface area contributed by atoms with Crippen LogP contribution in [0.5, 0.6) is 11.5 Å². The van der Waals surface area contributed by atoms with Crippen LogP contribution >= 0.6 is 0 Å². The van der Waals surface area contributed by atoms with E-state index in [0.717, 1.165) is 0 Å². The van der Waals surface area contributed by atoms with E-state index >= 15 is 0 Å². The number of nitrogens with zero attached hydrogens (tertiary/aromatic N) is 1. The Morgan fingerprint density at radius 2 is 1.77 bits per heavy atom. The Kier molecular flexibility index (Phi) is 6.39. The quantitative estimate of drug-likeness (QED) is 0.395. The van der Waals surface area contributed by atoms with Crippen LogP contribution in [0.15, 0.2) is 48.0 Å². The molecule has 2 N–H and O–H groups in total. The van der Waals surface area contributed by atoms with Gasteiger partial charge in [0.25, 0.3) is 5.69 Å². The lowest BCUT2D eigenvalue weighted by molar-refractivity contribution is -0.385. The maximum atomic E-state index is 12.9. The van der Waals surface area contributed by atoms with Crippen molar-refractivity contribution in [3.63, 3.8) is 0 Å². The van der Waals surface area contributed by atoms with Crippen molar-refractivity contribution in [3.05, 3.63) is 69.3 Å². The Morgan fingerprint density at radius 3 is 2.35 bits per heavy atom. The predicted octanol–water partition coefficient (Wildman–Crippen LogP) is 2.94. The van der Waals surface area contributed by atoms with Gasteiger partial charge in [-0.05, 0) is 18.6 Å². The summed E-state index contributed by atoms with van der Waals surface area (Å²) in [6.07, 6.45) is 0. The summed E-state index contributed by atoms with van der Waals surface area (Å²) < 4.78 is 15.6. The van der Waals surface area contributed by atoms with Crippen LogP contribution in [0.3, 0.4) is 0 Å². The lowest BCUT2D eigenvalue weighted by Crippen LogP contribution is -2.45. The fourth-order valence-corrected chi connectivity index (χ4v) is 3.33. The summed E-state index contributed by atoms with van der Waals surface area (Å²) in [5, 5.41) is 17.0. The number of nitro groups is 1. The van der Waals surface area contributed by atoms with Crippen LogP contribution in [0.25, 0.3) is 5.70 Å². The van der Waals surface area contributed by atoms with Crippen LogP contribution in [0.1, 0.15) is 24.1 Å². The summed E-state index contributed by atoms with van der Waals surface area (Å²) in [6.45, 7) is 1.72. The first-order valence-electron chi connectivity index (χ1n) is 9.35. The zero-order chi connectivity index (χ0) is 22.5. The van der Waals surface area contributed by atoms with Gasteiger partial charge in [-0.15, -0.1) is 0 Å². The van der Waals surface area contributed by atoms with Crippen LogP contribution in [0.2, 0.25) is 0 Å². The Balaban J connectivity index is 2.31. The molecule has 0 saturated heterocycles. The van der Waals surface area contributed by atoms with Crippen molar-refractivity contribution in [2.45, 2.75) is 13.0 Å². The zero-order valence-electron chi connectivity index (χ0n) is 17.1. The molecule has 31 heavy (non-hydrogen) atoms. The number of ether oxygens (including phenoxy) is 3. The molecule has 2 amide bonds. The second-order valence-electron chi connectivity index (χ2n) is 6.43. The third-order valence-corrected chi connectivity index (χ3v) is 4.67. The van der Waals surface area contributed by atoms with Gasteiger partial charge < -0.3 is 24.8 Å². The lowest BCUT2D eigenvalue weighted by atomic mass is 9.91. The van der Waals surface area contributed by atoms with Gasteiger partial charge in [-0.25, -0.2) is 9.59 Å². The Labute approximate surface area is 177 Å². The minimum absolute atomic E-state index is 0.0305. The van der Waals surface area contributed by atoms with E-state index in [1.807, 2.05) is 0 Å². The minimum atomic E-state index is -1.16. The van der Waals surface area contributed by atoms with Crippen molar-refractivity contribution >= 4 is 23.4 Å². The molecule has 0 radical (unpaired) electrons. The standard InChI is InChI=1S/C21H21N3O7/c1-4-31-20(25)17-18(12-8-6-5-7-9-12)22-21(26)23-19(17)13-10-15(29-2)16(30-3)11-14(13)24(27)28/h5-11,19H,4H2,1-3H3,(H2,22,23,26). The van der Waals surface area contributed by atoms with Crippen molar-refractivity contribution < 1.29 is 28.7 Å². The summed E-state index contributed by atoms with van der Waals surface area (Å²) in [6, 6.07) is 9.46. The van der Waals surface area contributed by atoms with E-state index < -0.39 is 23.0 Å². The normalized spacial score (nSPS) is 15.6. The fourth-order valence-electron chi connectivity index (χ4n) is 3.33. The number of esters is 1. The van der Waals surface area contributed by atoms with Crippen molar-refractivity contribution in [2.75, 3.05) is 20.8 Å². The highest BCUT2D eigenvalue weighted by Crippen LogP contribution is 2.41. The Hall–Kier alpha value is -4.08. The summed E-state index contributed by atoms with van der Waals surface area (Å²) in [5.74, 6) is -0.369. The van der Waals surface area contributed by atoms with E-state index in [1.165, 1.54) is 26.4 Å². The Bertz CT molecular complexity index is 1050. The van der Waals surface area contributed by atoms with Crippen molar-refractivity contribution in [1.82, 2.24) is 10.6 Å². The molecule has 0 saturated carbocycles. The van der Waals surface area contributed by atoms with Crippen LogP contribution < -0.4 is 20.1 Å². The SMILES string of the molecule is CCOC(=O)C1=C(c2ccccc2)NC(=O)NC1c1cc(OC)c(OC)cc1[N+](=O)[O-]. The van der Waals surface area contributed by atoms with Gasteiger partial charge >= 0.3 is 12.0 Å². The second kappa shape index (κ2) is 9.16. The van der Waals surface area contributed by atoms with Crippen molar-refractivity contribution in [1.29, 1.82) is 0 Å². The number of carbonyl (C=O) groups is 2. The van der Waals surface area contributed by atoms with E-state index in [0.29, 0.717) is 5.56 Å².